The molecular formula is C15H25N3O3. The molecule has 1 aliphatic heterocycles. The lowest BCUT2D eigenvalue weighted by atomic mass is 10.0. The Morgan fingerprint density at radius 2 is 1.90 bits per heavy atom. The number of piperazine rings is 1. The maximum absolute atomic E-state index is 11.4. The summed E-state index contributed by atoms with van der Waals surface area (Å²) in [7, 11) is 0. The van der Waals surface area contributed by atoms with Gasteiger partial charge >= 0.3 is 5.97 Å². The van der Waals surface area contributed by atoms with Crippen molar-refractivity contribution in [3.8, 4) is 0 Å². The van der Waals surface area contributed by atoms with Crippen molar-refractivity contribution in [2.45, 2.75) is 40.3 Å². The van der Waals surface area contributed by atoms with Crippen LogP contribution >= 0.6 is 0 Å². The average molecular weight is 295 g/mol. The van der Waals surface area contributed by atoms with Crippen LogP contribution in [-0.2, 0) is 11.3 Å². The maximum atomic E-state index is 11.4. The van der Waals surface area contributed by atoms with Crippen LogP contribution in [-0.4, -0.2) is 58.3 Å². The van der Waals surface area contributed by atoms with Gasteiger partial charge in [0.05, 0.1) is 5.69 Å². The van der Waals surface area contributed by atoms with Crippen LogP contribution in [0.25, 0.3) is 0 Å². The quantitative estimate of drug-likeness (QED) is 0.888. The zero-order chi connectivity index (χ0) is 15.6. The van der Waals surface area contributed by atoms with Gasteiger partial charge in [0.2, 0.25) is 0 Å². The van der Waals surface area contributed by atoms with Crippen molar-refractivity contribution in [3.05, 3.63) is 17.0 Å². The second kappa shape index (κ2) is 6.58. The van der Waals surface area contributed by atoms with Gasteiger partial charge in [-0.15, -0.1) is 0 Å². The van der Waals surface area contributed by atoms with E-state index in [0.717, 1.165) is 49.7 Å². The number of hydrogen-bond acceptors (Lipinski definition) is 5. The molecule has 0 aromatic carbocycles. The fourth-order valence-corrected chi connectivity index (χ4v) is 3.01. The van der Waals surface area contributed by atoms with Crippen LogP contribution in [0.1, 0.15) is 30.9 Å². The predicted molar refractivity (Wildman–Crippen MR) is 79.1 cm³/mol. The Hall–Kier alpha value is -1.40. The predicted octanol–water partition coefficient (Wildman–Crippen LogP) is 1.52. The minimum atomic E-state index is -0.718. The smallest absolute Gasteiger partial charge is 0.321 e. The Labute approximate surface area is 125 Å². The molecule has 0 radical (unpaired) electrons. The molecule has 6 heteroatoms. The zero-order valence-electron chi connectivity index (χ0n) is 13.3. The summed E-state index contributed by atoms with van der Waals surface area (Å²) in [6.07, 6.45) is 0. The maximum Gasteiger partial charge on any atom is 0.321 e. The number of carboxylic acids is 1. The molecule has 0 bridgehead atoms. The number of nitrogens with zero attached hydrogens (tertiary/aromatic N) is 3. The Morgan fingerprint density at radius 3 is 2.33 bits per heavy atom. The summed E-state index contributed by atoms with van der Waals surface area (Å²) in [5.74, 6) is 0.279. The van der Waals surface area contributed by atoms with Crippen LogP contribution in [0.15, 0.2) is 4.52 Å². The first-order chi connectivity index (χ1) is 9.90. The highest BCUT2D eigenvalue weighted by molar-refractivity contribution is 5.73. The highest BCUT2D eigenvalue weighted by Gasteiger charge is 2.31. The van der Waals surface area contributed by atoms with Gasteiger partial charge in [0.1, 0.15) is 11.8 Å². The lowest BCUT2D eigenvalue weighted by Gasteiger charge is -2.39. The van der Waals surface area contributed by atoms with Gasteiger partial charge in [-0.2, -0.15) is 0 Å². The number of aliphatic carboxylic acids is 1. The largest absolute Gasteiger partial charge is 0.480 e. The second-order valence-electron chi connectivity index (χ2n) is 6.14. The summed E-state index contributed by atoms with van der Waals surface area (Å²) in [5.41, 5.74) is 2.10. The SMILES string of the molecule is Cc1noc(C)c1CN1CCN(C(C(=O)O)C(C)C)CC1. The van der Waals surface area contributed by atoms with Crippen molar-refractivity contribution >= 4 is 5.97 Å². The molecule has 2 heterocycles. The summed E-state index contributed by atoms with van der Waals surface area (Å²) >= 11 is 0. The van der Waals surface area contributed by atoms with Crippen LogP contribution in [0.4, 0.5) is 0 Å². The second-order valence-corrected chi connectivity index (χ2v) is 6.14. The number of hydrogen-bond donors (Lipinski definition) is 1. The van der Waals surface area contributed by atoms with Gasteiger partial charge in [0.15, 0.2) is 0 Å². The van der Waals surface area contributed by atoms with E-state index in [2.05, 4.69) is 15.0 Å². The zero-order valence-corrected chi connectivity index (χ0v) is 13.3. The van der Waals surface area contributed by atoms with Gasteiger partial charge in [-0.1, -0.05) is 19.0 Å². The topological polar surface area (TPSA) is 69.8 Å². The highest BCUT2D eigenvalue weighted by Crippen LogP contribution is 2.18. The Morgan fingerprint density at radius 1 is 1.29 bits per heavy atom. The van der Waals surface area contributed by atoms with Crippen LogP contribution in [0.5, 0.6) is 0 Å². The Kier molecular flexibility index (Phi) is 5.00. The van der Waals surface area contributed by atoms with Crippen LogP contribution in [0.2, 0.25) is 0 Å². The van der Waals surface area contributed by atoms with E-state index in [-0.39, 0.29) is 12.0 Å². The van der Waals surface area contributed by atoms with Crippen molar-refractivity contribution in [2.75, 3.05) is 26.2 Å². The van der Waals surface area contributed by atoms with E-state index in [4.69, 9.17) is 4.52 Å². The number of aromatic nitrogens is 1. The van der Waals surface area contributed by atoms with E-state index >= 15 is 0 Å². The van der Waals surface area contributed by atoms with Crippen molar-refractivity contribution in [2.24, 2.45) is 5.92 Å². The molecule has 1 N–H and O–H groups in total. The molecule has 6 nitrogen and oxygen atoms in total. The molecule has 21 heavy (non-hydrogen) atoms. The number of aryl methyl sites for hydroxylation is 2. The lowest BCUT2D eigenvalue weighted by Crippen LogP contribution is -2.54. The number of carboxylic acid groups (broad SMARTS) is 1. The minimum Gasteiger partial charge on any atom is -0.480 e. The fourth-order valence-electron chi connectivity index (χ4n) is 3.01. The summed E-state index contributed by atoms with van der Waals surface area (Å²) in [5, 5.41) is 13.3. The van der Waals surface area contributed by atoms with Gasteiger partial charge in [0, 0.05) is 38.3 Å². The summed E-state index contributed by atoms with van der Waals surface area (Å²) in [6, 6.07) is -0.383. The van der Waals surface area contributed by atoms with Gasteiger partial charge in [-0.05, 0) is 19.8 Å². The molecule has 118 valence electrons. The average Bonchev–Trinajstić information content (AvgIpc) is 2.72. The third kappa shape index (κ3) is 3.63. The Bertz CT molecular complexity index is 471. The molecule has 0 aliphatic carbocycles. The van der Waals surface area contributed by atoms with Crippen LogP contribution < -0.4 is 0 Å². The fraction of sp³-hybridized carbons (Fsp3) is 0.733. The van der Waals surface area contributed by atoms with E-state index < -0.39 is 5.97 Å². The molecule has 1 saturated heterocycles. The van der Waals surface area contributed by atoms with Crippen LogP contribution in [0.3, 0.4) is 0 Å². The molecule has 1 unspecified atom stereocenters. The van der Waals surface area contributed by atoms with E-state index in [0.29, 0.717) is 0 Å². The molecule has 1 aromatic heterocycles. The van der Waals surface area contributed by atoms with Crippen molar-refractivity contribution in [1.29, 1.82) is 0 Å². The first-order valence-electron chi connectivity index (χ1n) is 7.51. The van der Waals surface area contributed by atoms with Crippen molar-refractivity contribution in [3.63, 3.8) is 0 Å². The van der Waals surface area contributed by atoms with Gasteiger partial charge in [0.25, 0.3) is 0 Å². The molecular weight excluding hydrogens is 270 g/mol. The van der Waals surface area contributed by atoms with E-state index in [1.807, 2.05) is 27.7 Å². The molecule has 0 spiro atoms. The first kappa shape index (κ1) is 16.0. The molecule has 1 atom stereocenters. The van der Waals surface area contributed by atoms with Crippen molar-refractivity contribution < 1.29 is 14.4 Å². The van der Waals surface area contributed by atoms with E-state index in [1.165, 1.54) is 0 Å². The molecule has 0 amide bonds. The summed E-state index contributed by atoms with van der Waals surface area (Å²) in [4.78, 5) is 15.8. The number of carbonyl (C=O) groups is 1. The lowest BCUT2D eigenvalue weighted by molar-refractivity contribution is -0.146. The van der Waals surface area contributed by atoms with E-state index in [1.54, 1.807) is 0 Å². The molecule has 1 aliphatic rings. The van der Waals surface area contributed by atoms with Crippen LogP contribution in [0, 0.1) is 19.8 Å². The van der Waals surface area contributed by atoms with Gasteiger partial charge < -0.3 is 9.63 Å². The third-order valence-electron chi connectivity index (χ3n) is 4.25. The van der Waals surface area contributed by atoms with Gasteiger partial charge in [-0.25, -0.2) is 0 Å². The molecule has 0 saturated carbocycles. The minimum absolute atomic E-state index is 0.122. The standard InChI is InChI=1S/C15H25N3O3/c1-10(2)14(15(19)20)18-7-5-17(6-8-18)9-13-11(3)16-21-12(13)4/h10,14H,5-9H2,1-4H3,(H,19,20). The van der Waals surface area contributed by atoms with E-state index in [9.17, 15) is 9.90 Å². The third-order valence-corrected chi connectivity index (χ3v) is 4.25. The molecule has 2 rings (SSSR count). The number of rotatable bonds is 5. The summed E-state index contributed by atoms with van der Waals surface area (Å²) < 4.78 is 5.19. The van der Waals surface area contributed by atoms with Gasteiger partial charge in [-0.3, -0.25) is 14.6 Å². The Balaban J connectivity index is 1.93. The summed E-state index contributed by atoms with van der Waals surface area (Å²) in [6.45, 7) is 12.0. The monoisotopic (exact) mass is 295 g/mol. The molecule has 1 fully saturated rings. The molecule has 1 aromatic rings. The van der Waals surface area contributed by atoms with Crippen molar-refractivity contribution in [1.82, 2.24) is 15.0 Å². The first-order valence-corrected chi connectivity index (χ1v) is 7.51. The normalized spacial score (nSPS) is 19.1. The highest BCUT2D eigenvalue weighted by atomic mass is 16.5.